The van der Waals surface area contributed by atoms with Crippen LogP contribution in [0.5, 0.6) is 11.5 Å². The molecule has 114 valence electrons. The van der Waals surface area contributed by atoms with Crippen LogP contribution in [0.1, 0.15) is 45.1 Å². The van der Waals surface area contributed by atoms with E-state index in [-0.39, 0.29) is 0 Å². The summed E-state index contributed by atoms with van der Waals surface area (Å²) in [5.41, 5.74) is 1.32. The van der Waals surface area contributed by atoms with Gasteiger partial charge in [-0.25, -0.2) is 0 Å². The second-order valence-electron chi connectivity index (χ2n) is 5.46. The quantitative estimate of drug-likeness (QED) is 0.661. The van der Waals surface area contributed by atoms with Crippen molar-refractivity contribution in [1.82, 2.24) is 5.32 Å². The maximum atomic E-state index is 5.33. The molecule has 0 aromatic heterocycles. The standard InChI is InChI=1S/C17H29NO2/c1-14(2)18-12-8-6-5-7-9-15-10-11-16(19-3)17(13-15)20-4/h10-11,13-14,18H,5-9,12H2,1-4H3. The molecule has 3 heteroatoms. The Balaban J connectivity index is 2.22. The summed E-state index contributed by atoms with van der Waals surface area (Å²) in [4.78, 5) is 0. The fourth-order valence-corrected chi connectivity index (χ4v) is 2.23. The van der Waals surface area contributed by atoms with Gasteiger partial charge in [-0.15, -0.1) is 0 Å². The summed E-state index contributed by atoms with van der Waals surface area (Å²) in [5, 5.41) is 3.45. The Bertz CT molecular complexity index is 377. The molecule has 20 heavy (non-hydrogen) atoms. The van der Waals surface area contributed by atoms with Gasteiger partial charge in [0.1, 0.15) is 0 Å². The topological polar surface area (TPSA) is 30.5 Å². The molecule has 1 aromatic carbocycles. The van der Waals surface area contributed by atoms with Gasteiger partial charge in [-0.05, 0) is 43.5 Å². The van der Waals surface area contributed by atoms with Crippen LogP contribution in [0.3, 0.4) is 0 Å². The molecule has 0 aliphatic rings. The SMILES string of the molecule is COc1ccc(CCCCCCNC(C)C)cc1OC. The van der Waals surface area contributed by atoms with Crippen molar-refractivity contribution in [1.29, 1.82) is 0 Å². The minimum Gasteiger partial charge on any atom is -0.493 e. The van der Waals surface area contributed by atoms with Crippen LogP contribution in [-0.4, -0.2) is 26.8 Å². The van der Waals surface area contributed by atoms with Gasteiger partial charge in [0.25, 0.3) is 0 Å². The first-order chi connectivity index (χ1) is 9.67. The second-order valence-corrected chi connectivity index (χ2v) is 5.46. The monoisotopic (exact) mass is 279 g/mol. The number of methoxy groups -OCH3 is 2. The molecule has 0 saturated carbocycles. The van der Waals surface area contributed by atoms with Crippen LogP contribution >= 0.6 is 0 Å². The van der Waals surface area contributed by atoms with Crippen molar-refractivity contribution in [2.45, 2.75) is 52.0 Å². The van der Waals surface area contributed by atoms with E-state index >= 15 is 0 Å². The maximum Gasteiger partial charge on any atom is 0.160 e. The lowest BCUT2D eigenvalue weighted by Crippen LogP contribution is -2.23. The van der Waals surface area contributed by atoms with Crippen LogP contribution in [0.25, 0.3) is 0 Å². The van der Waals surface area contributed by atoms with Crippen LogP contribution in [0.2, 0.25) is 0 Å². The molecule has 3 nitrogen and oxygen atoms in total. The molecule has 0 aliphatic heterocycles. The van der Waals surface area contributed by atoms with E-state index in [1.54, 1.807) is 14.2 Å². The fourth-order valence-electron chi connectivity index (χ4n) is 2.23. The Kier molecular flexibility index (Phi) is 8.12. The maximum absolute atomic E-state index is 5.33. The Morgan fingerprint density at radius 2 is 1.65 bits per heavy atom. The average Bonchev–Trinajstić information content (AvgIpc) is 2.45. The third-order valence-corrected chi connectivity index (χ3v) is 3.39. The van der Waals surface area contributed by atoms with E-state index in [0.717, 1.165) is 24.5 Å². The van der Waals surface area contributed by atoms with E-state index < -0.39 is 0 Å². The highest BCUT2D eigenvalue weighted by Crippen LogP contribution is 2.28. The number of ether oxygens (including phenoxy) is 2. The Hall–Kier alpha value is -1.22. The lowest BCUT2D eigenvalue weighted by Gasteiger charge is -2.10. The van der Waals surface area contributed by atoms with Crippen LogP contribution in [0.4, 0.5) is 0 Å². The summed E-state index contributed by atoms with van der Waals surface area (Å²) in [6.07, 6.45) is 6.19. The van der Waals surface area contributed by atoms with Gasteiger partial charge in [0.05, 0.1) is 14.2 Å². The predicted molar refractivity (Wildman–Crippen MR) is 84.9 cm³/mol. The predicted octanol–water partition coefficient (Wildman–Crippen LogP) is 3.80. The Labute approximate surface area is 123 Å². The number of hydrogen-bond donors (Lipinski definition) is 1. The molecule has 0 saturated heterocycles. The van der Waals surface area contributed by atoms with Gasteiger partial charge in [-0.1, -0.05) is 32.8 Å². The van der Waals surface area contributed by atoms with Gasteiger partial charge in [-0.2, -0.15) is 0 Å². The Morgan fingerprint density at radius 3 is 2.30 bits per heavy atom. The van der Waals surface area contributed by atoms with E-state index in [0.29, 0.717) is 6.04 Å². The Morgan fingerprint density at radius 1 is 0.950 bits per heavy atom. The zero-order valence-corrected chi connectivity index (χ0v) is 13.4. The molecule has 0 spiro atoms. The summed E-state index contributed by atoms with van der Waals surface area (Å²) in [5.74, 6) is 1.63. The average molecular weight is 279 g/mol. The minimum atomic E-state index is 0.599. The molecule has 0 atom stereocenters. The summed E-state index contributed by atoms with van der Waals surface area (Å²) in [6.45, 7) is 5.52. The van der Waals surface area contributed by atoms with Crippen LogP contribution in [-0.2, 0) is 6.42 Å². The first kappa shape index (κ1) is 16.8. The molecule has 0 fully saturated rings. The first-order valence-electron chi connectivity index (χ1n) is 7.61. The largest absolute Gasteiger partial charge is 0.493 e. The summed E-state index contributed by atoms with van der Waals surface area (Å²) in [6, 6.07) is 6.79. The normalized spacial score (nSPS) is 10.8. The van der Waals surface area contributed by atoms with E-state index in [1.165, 1.54) is 31.2 Å². The molecule has 1 rings (SSSR count). The number of hydrogen-bond acceptors (Lipinski definition) is 3. The molecular weight excluding hydrogens is 250 g/mol. The van der Waals surface area contributed by atoms with Gasteiger partial charge in [0, 0.05) is 6.04 Å². The third kappa shape index (κ3) is 6.29. The van der Waals surface area contributed by atoms with Crippen molar-refractivity contribution >= 4 is 0 Å². The highest BCUT2D eigenvalue weighted by molar-refractivity contribution is 5.42. The lowest BCUT2D eigenvalue weighted by molar-refractivity contribution is 0.354. The van der Waals surface area contributed by atoms with Gasteiger partial charge in [0.2, 0.25) is 0 Å². The molecule has 0 radical (unpaired) electrons. The molecule has 1 aromatic rings. The highest BCUT2D eigenvalue weighted by Gasteiger charge is 2.04. The third-order valence-electron chi connectivity index (χ3n) is 3.39. The van der Waals surface area contributed by atoms with Crippen molar-refractivity contribution in [3.05, 3.63) is 23.8 Å². The van der Waals surface area contributed by atoms with E-state index in [1.807, 2.05) is 6.07 Å². The van der Waals surface area contributed by atoms with Crippen molar-refractivity contribution in [2.24, 2.45) is 0 Å². The van der Waals surface area contributed by atoms with Crippen molar-refractivity contribution in [2.75, 3.05) is 20.8 Å². The first-order valence-corrected chi connectivity index (χ1v) is 7.61. The van der Waals surface area contributed by atoms with E-state index in [2.05, 4.69) is 31.3 Å². The minimum absolute atomic E-state index is 0.599. The molecular formula is C17H29NO2. The van der Waals surface area contributed by atoms with Crippen LogP contribution in [0, 0.1) is 0 Å². The van der Waals surface area contributed by atoms with Crippen LogP contribution in [0.15, 0.2) is 18.2 Å². The van der Waals surface area contributed by atoms with Crippen molar-refractivity contribution in [3.8, 4) is 11.5 Å². The van der Waals surface area contributed by atoms with E-state index in [9.17, 15) is 0 Å². The molecule has 0 unspecified atom stereocenters. The van der Waals surface area contributed by atoms with Crippen molar-refractivity contribution < 1.29 is 9.47 Å². The fraction of sp³-hybridized carbons (Fsp3) is 0.647. The van der Waals surface area contributed by atoms with Gasteiger partial charge in [-0.3, -0.25) is 0 Å². The zero-order chi connectivity index (χ0) is 14.8. The number of aryl methyl sites for hydroxylation is 1. The summed E-state index contributed by atoms with van der Waals surface area (Å²) in [7, 11) is 3.35. The lowest BCUT2D eigenvalue weighted by atomic mass is 10.1. The smallest absolute Gasteiger partial charge is 0.160 e. The van der Waals surface area contributed by atoms with Gasteiger partial charge < -0.3 is 14.8 Å². The summed E-state index contributed by atoms with van der Waals surface area (Å²) < 4.78 is 10.6. The zero-order valence-electron chi connectivity index (χ0n) is 13.4. The molecule has 0 heterocycles. The van der Waals surface area contributed by atoms with Gasteiger partial charge >= 0.3 is 0 Å². The molecule has 0 aliphatic carbocycles. The van der Waals surface area contributed by atoms with Gasteiger partial charge in [0.15, 0.2) is 11.5 Å². The van der Waals surface area contributed by atoms with E-state index in [4.69, 9.17) is 9.47 Å². The second kappa shape index (κ2) is 9.65. The molecule has 0 bridgehead atoms. The molecule has 0 amide bonds. The highest BCUT2D eigenvalue weighted by atomic mass is 16.5. The number of unbranched alkanes of at least 4 members (excludes halogenated alkanes) is 3. The van der Waals surface area contributed by atoms with Crippen molar-refractivity contribution in [3.63, 3.8) is 0 Å². The molecule has 1 N–H and O–H groups in total. The number of nitrogens with one attached hydrogen (secondary N) is 1. The van der Waals surface area contributed by atoms with Crippen LogP contribution < -0.4 is 14.8 Å². The number of rotatable bonds is 10. The number of benzene rings is 1. The summed E-state index contributed by atoms with van der Waals surface area (Å²) >= 11 is 0.